The van der Waals surface area contributed by atoms with Crippen LogP contribution in [-0.2, 0) is 31.3 Å². The number of aromatic nitrogens is 1. The molecule has 3 heterocycles. The summed E-state index contributed by atoms with van der Waals surface area (Å²) in [5, 5.41) is 17.7. The van der Waals surface area contributed by atoms with Crippen molar-refractivity contribution in [1.82, 2.24) is 25.4 Å². The molecule has 3 N–H and O–H groups in total. The Kier molecular flexibility index (Phi) is 10.5. The maximum absolute atomic E-state index is 14.0. The number of fused-ring (bicyclic) bond motifs is 1. The van der Waals surface area contributed by atoms with E-state index in [-0.39, 0.29) is 46.7 Å². The van der Waals surface area contributed by atoms with E-state index in [1.165, 1.54) is 22.2 Å². The zero-order chi connectivity index (χ0) is 34.6. The number of esters is 1. The first-order chi connectivity index (χ1) is 22.7. The molecule has 2 unspecified atom stereocenters. The normalized spacial score (nSPS) is 17.3. The first kappa shape index (κ1) is 34.9. The Morgan fingerprint density at radius 2 is 1.77 bits per heavy atom. The van der Waals surface area contributed by atoms with Crippen LogP contribution in [-0.4, -0.2) is 62.0 Å². The van der Waals surface area contributed by atoms with Crippen molar-refractivity contribution in [2.45, 2.75) is 76.8 Å². The molecular weight excluding hydrogens is 661 g/mol. The van der Waals surface area contributed by atoms with E-state index in [0.29, 0.717) is 31.4 Å². The van der Waals surface area contributed by atoms with Crippen LogP contribution in [0.1, 0.15) is 64.3 Å². The van der Waals surface area contributed by atoms with Crippen molar-refractivity contribution in [3.05, 3.63) is 88.1 Å². The standard InChI is InChI=1S/C34H37Cl2N5O7/c1-33(2,3)48-28(43)16-17-34(46,31-37-19-25(47-31)29-22(35)11-7-12-23(29)36)39-32(45)41-20-24(30(44)40-18-8-13-27(40)41)38-26(42)15-14-21-9-5-4-6-10-21/h4-7,9-12,19-20,27,46H,8,13-18H2,1-3H3,(H,38,42)(H,39,45). The fourth-order valence-electron chi connectivity index (χ4n) is 5.56. The molecule has 4 amide bonds. The number of carbonyl (C=O) groups excluding carboxylic acids is 4. The highest BCUT2D eigenvalue weighted by Crippen LogP contribution is 2.37. The van der Waals surface area contributed by atoms with Crippen molar-refractivity contribution >= 4 is 47.0 Å². The van der Waals surface area contributed by atoms with Gasteiger partial charge in [-0.2, -0.15) is 0 Å². The minimum atomic E-state index is -2.32. The number of oxazole rings is 1. The second-order valence-corrected chi connectivity index (χ2v) is 13.4. The van der Waals surface area contributed by atoms with Crippen LogP contribution in [0.15, 0.2) is 71.0 Å². The topological polar surface area (TPSA) is 154 Å². The number of amides is 4. The maximum Gasteiger partial charge on any atom is 0.325 e. The highest BCUT2D eigenvalue weighted by atomic mass is 35.5. The fourth-order valence-corrected chi connectivity index (χ4v) is 6.14. The SMILES string of the molecule is CC(C)(C)OC(=O)CCC(O)(NC(=O)N1C=C(NC(=O)CCc2ccccc2)C(=O)N2CCCC12)c1ncc(-c2c(Cl)cccc2Cl)o1. The third-order valence-corrected chi connectivity index (χ3v) is 8.42. The van der Waals surface area contributed by atoms with Gasteiger partial charge < -0.3 is 29.8 Å². The number of halogens is 2. The average molecular weight is 699 g/mol. The zero-order valence-corrected chi connectivity index (χ0v) is 28.3. The van der Waals surface area contributed by atoms with Crippen LogP contribution in [0.2, 0.25) is 10.0 Å². The predicted molar refractivity (Wildman–Crippen MR) is 177 cm³/mol. The molecule has 48 heavy (non-hydrogen) atoms. The Hall–Kier alpha value is -4.39. The number of aliphatic hydroxyl groups is 1. The Labute approximate surface area is 288 Å². The van der Waals surface area contributed by atoms with Crippen LogP contribution < -0.4 is 10.6 Å². The Morgan fingerprint density at radius 3 is 2.46 bits per heavy atom. The number of carbonyl (C=O) groups is 4. The smallest absolute Gasteiger partial charge is 0.325 e. The Bertz CT molecular complexity index is 1700. The molecule has 0 aliphatic carbocycles. The van der Waals surface area contributed by atoms with Gasteiger partial charge in [-0.3, -0.25) is 19.3 Å². The molecule has 12 nitrogen and oxygen atoms in total. The van der Waals surface area contributed by atoms with Crippen molar-refractivity contribution in [2.75, 3.05) is 6.54 Å². The third-order valence-electron chi connectivity index (χ3n) is 7.79. The lowest BCUT2D eigenvalue weighted by Crippen LogP contribution is -2.59. The van der Waals surface area contributed by atoms with Gasteiger partial charge in [0.1, 0.15) is 17.5 Å². The number of ether oxygens (including phenoxy) is 1. The lowest BCUT2D eigenvalue weighted by Gasteiger charge is -2.39. The first-order valence-corrected chi connectivity index (χ1v) is 16.3. The van der Waals surface area contributed by atoms with Crippen molar-refractivity contribution in [3.63, 3.8) is 0 Å². The van der Waals surface area contributed by atoms with Gasteiger partial charge in [-0.1, -0.05) is 59.6 Å². The highest BCUT2D eigenvalue weighted by Gasteiger charge is 2.44. The van der Waals surface area contributed by atoms with E-state index in [9.17, 15) is 24.3 Å². The number of urea groups is 1. The second-order valence-electron chi connectivity index (χ2n) is 12.6. The van der Waals surface area contributed by atoms with E-state index in [4.69, 9.17) is 32.4 Å². The summed E-state index contributed by atoms with van der Waals surface area (Å²) in [6, 6.07) is 13.5. The largest absolute Gasteiger partial charge is 0.460 e. The lowest BCUT2D eigenvalue weighted by molar-refractivity contribution is -0.157. The van der Waals surface area contributed by atoms with Crippen LogP contribution in [0.5, 0.6) is 0 Å². The molecule has 254 valence electrons. The van der Waals surface area contributed by atoms with Crippen LogP contribution in [0.25, 0.3) is 11.3 Å². The summed E-state index contributed by atoms with van der Waals surface area (Å²) in [5.41, 5.74) is -1.89. The molecule has 0 saturated carbocycles. The van der Waals surface area contributed by atoms with E-state index in [2.05, 4.69) is 15.6 Å². The van der Waals surface area contributed by atoms with Gasteiger partial charge in [0, 0.05) is 25.6 Å². The van der Waals surface area contributed by atoms with Crippen LogP contribution in [0.3, 0.4) is 0 Å². The summed E-state index contributed by atoms with van der Waals surface area (Å²) in [4.78, 5) is 59.8. The maximum atomic E-state index is 14.0. The molecule has 2 aromatic carbocycles. The summed E-state index contributed by atoms with van der Waals surface area (Å²) in [6.45, 7) is 5.50. The summed E-state index contributed by atoms with van der Waals surface area (Å²) in [5.74, 6) is -1.64. The van der Waals surface area contributed by atoms with Crippen LogP contribution >= 0.6 is 23.2 Å². The lowest BCUT2D eigenvalue weighted by atomic mass is 10.1. The minimum Gasteiger partial charge on any atom is -0.460 e. The Balaban J connectivity index is 1.40. The summed E-state index contributed by atoms with van der Waals surface area (Å²) in [6.07, 6.45) is 2.88. The molecular formula is C34H37Cl2N5O7. The summed E-state index contributed by atoms with van der Waals surface area (Å²) >= 11 is 12.7. The molecule has 5 rings (SSSR count). The van der Waals surface area contributed by atoms with E-state index < -0.39 is 41.3 Å². The summed E-state index contributed by atoms with van der Waals surface area (Å²) in [7, 11) is 0. The van der Waals surface area contributed by atoms with Crippen LogP contribution in [0, 0.1) is 0 Å². The molecule has 0 spiro atoms. The number of benzene rings is 2. The monoisotopic (exact) mass is 697 g/mol. The number of rotatable bonds is 10. The fraction of sp³-hybridized carbons (Fsp3) is 0.382. The quantitative estimate of drug-likeness (QED) is 0.186. The number of nitrogens with zero attached hydrogens (tertiary/aromatic N) is 3. The molecule has 0 radical (unpaired) electrons. The van der Waals surface area contributed by atoms with E-state index in [1.807, 2.05) is 30.3 Å². The predicted octanol–water partition coefficient (Wildman–Crippen LogP) is 5.48. The Morgan fingerprint density at radius 1 is 1.06 bits per heavy atom. The minimum absolute atomic E-state index is 0.0783. The third kappa shape index (κ3) is 8.18. The molecule has 14 heteroatoms. The average Bonchev–Trinajstić information content (AvgIpc) is 3.72. The van der Waals surface area contributed by atoms with Gasteiger partial charge in [-0.15, -0.1) is 0 Å². The van der Waals surface area contributed by atoms with Gasteiger partial charge in [0.05, 0.1) is 28.2 Å². The second kappa shape index (κ2) is 14.4. The summed E-state index contributed by atoms with van der Waals surface area (Å²) < 4.78 is 11.3. The number of hydrogen-bond acceptors (Lipinski definition) is 8. The number of hydrogen-bond donors (Lipinski definition) is 3. The van der Waals surface area contributed by atoms with Gasteiger partial charge in [0.2, 0.25) is 17.5 Å². The molecule has 2 aliphatic rings. The van der Waals surface area contributed by atoms with Gasteiger partial charge in [-0.05, 0) is 57.7 Å². The van der Waals surface area contributed by atoms with Gasteiger partial charge in [-0.25, -0.2) is 9.78 Å². The first-order valence-electron chi connectivity index (χ1n) is 15.6. The number of aryl methyl sites for hydroxylation is 1. The number of nitrogens with one attached hydrogen (secondary N) is 2. The molecule has 1 saturated heterocycles. The molecule has 2 aliphatic heterocycles. The molecule has 0 bridgehead atoms. The molecule has 1 fully saturated rings. The highest BCUT2D eigenvalue weighted by molar-refractivity contribution is 6.39. The van der Waals surface area contributed by atoms with Crippen molar-refractivity contribution < 1.29 is 33.4 Å². The van der Waals surface area contributed by atoms with Crippen molar-refractivity contribution in [1.29, 1.82) is 0 Å². The molecule has 1 aromatic heterocycles. The van der Waals surface area contributed by atoms with E-state index in [0.717, 1.165) is 5.56 Å². The molecule has 2 atom stereocenters. The van der Waals surface area contributed by atoms with Gasteiger partial charge >= 0.3 is 12.0 Å². The van der Waals surface area contributed by atoms with Gasteiger partial charge in [0.25, 0.3) is 5.91 Å². The van der Waals surface area contributed by atoms with Crippen molar-refractivity contribution in [2.24, 2.45) is 0 Å². The van der Waals surface area contributed by atoms with Crippen molar-refractivity contribution in [3.8, 4) is 11.3 Å². The van der Waals surface area contributed by atoms with Gasteiger partial charge in [0.15, 0.2) is 5.76 Å². The van der Waals surface area contributed by atoms with E-state index in [1.54, 1.807) is 39.0 Å². The molecule has 3 aromatic rings. The van der Waals surface area contributed by atoms with E-state index >= 15 is 0 Å². The van der Waals surface area contributed by atoms with Crippen LogP contribution in [0.4, 0.5) is 4.79 Å². The zero-order valence-electron chi connectivity index (χ0n) is 26.8.